The summed E-state index contributed by atoms with van der Waals surface area (Å²) < 4.78 is 0. The molecule has 0 radical (unpaired) electrons. The molecular weight excluding hydrogens is 234 g/mol. The number of hydrogen-bond donors (Lipinski definition) is 1. The first-order valence-corrected chi connectivity index (χ1v) is 6.99. The Kier molecular flexibility index (Phi) is 5.31. The zero-order valence-corrected chi connectivity index (χ0v) is 10.3. The molecule has 1 aliphatic rings. The lowest BCUT2D eigenvalue weighted by atomic mass is 10.4. The predicted octanol–water partition coefficient (Wildman–Crippen LogP) is 0.768. The zero-order valence-electron chi connectivity index (χ0n) is 8.64. The fourth-order valence-electron chi connectivity index (χ4n) is 1.36. The molecule has 1 unspecified atom stereocenters. The monoisotopic (exact) mass is 249 g/mol. The Morgan fingerprint density at radius 3 is 2.87 bits per heavy atom. The number of thioether (sulfide) groups is 2. The molecule has 4 nitrogen and oxygen atoms in total. The van der Waals surface area contributed by atoms with E-state index in [-0.39, 0.29) is 17.4 Å². The van der Waals surface area contributed by atoms with Gasteiger partial charge in [-0.25, -0.2) is 0 Å². The molecule has 1 rings (SSSR count). The maximum atomic E-state index is 11.6. The number of rotatable bonds is 4. The molecule has 1 fully saturated rings. The largest absolute Gasteiger partial charge is 0.481 e. The molecule has 1 N–H and O–H groups in total. The number of amides is 1. The molecule has 1 heterocycles. The number of carboxylic acid groups (broad SMARTS) is 1. The maximum Gasteiger partial charge on any atom is 0.313 e. The van der Waals surface area contributed by atoms with Gasteiger partial charge in [0.15, 0.2) is 0 Å². The maximum absolute atomic E-state index is 11.6. The number of nitrogens with zero attached hydrogens (tertiary/aromatic N) is 1. The Morgan fingerprint density at radius 2 is 2.27 bits per heavy atom. The normalized spacial score (nSPS) is 21.4. The fourth-order valence-corrected chi connectivity index (χ4v) is 3.01. The van der Waals surface area contributed by atoms with E-state index in [4.69, 9.17) is 5.11 Å². The first kappa shape index (κ1) is 12.7. The van der Waals surface area contributed by atoms with E-state index >= 15 is 0 Å². The standard InChI is InChI=1S/C9H15NO3S2/c1-7-4-10(2-3-15-7)8(11)5-14-6-9(12)13/h7H,2-6H2,1H3,(H,12,13). The van der Waals surface area contributed by atoms with E-state index in [9.17, 15) is 9.59 Å². The average Bonchev–Trinajstić information content (AvgIpc) is 2.17. The molecular formula is C9H15NO3S2. The van der Waals surface area contributed by atoms with E-state index < -0.39 is 5.97 Å². The number of carbonyl (C=O) groups is 2. The number of carboxylic acids is 1. The van der Waals surface area contributed by atoms with E-state index in [0.717, 1.165) is 18.8 Å². The van der Waals surface area contributed by atoms with E-state index in [1.165, 1.54) is 11.8 Å². The molecule has 0 spiro atoms. The second kappa shape index (κ2) is 6.27. The quantitative estimate of drug-likeness (QED) is 0.797. The van der Waals surface area contributed by atoms with Crippen molar-refractivity contribution in [3.63, 3.8) is 0 Å². The Bertz CT molecular complexity index is 248. The van der Waals surface area contributed by atoms with Gasteiger partial charge in [-0.2, -0.15) is 11.8 Å². The van der Waals surface area contributed by atoms with Crippen LogP contribution in [-0.4, -0.2) is 57.5 Å². The van der Waals surface area contributed by atoms with Gasteiger partial charge in [-0.1, -0.05) is 6.92 Å². The number of carbonyl (C=O) groups excluding carboxylic acids is 1. The lowest BCUT2D eigenvalue weighted by Crippen LogP contribution is -2.42. The summed E-state index contributed by atoms with van der Waals surface area (Å²) in [6.45, 7) is 3.69. The van der Waals surface area contributed by atoms with Crippen molar-refractivity contribution in [2.24, 2.45) is 0 Å². The first-order chi connectivity index (χ1) is 7.09. The van der Waals surface area contributed by atoms with Gasteiger partial charge >= 0.3 is 5.97 Å². The molecule has 0 aliphatic carbocycles. The smallest absolute Gasteiger partial charge is 0.313 e. The third-order valence-corrected chi connectivity index (χ3v) is 4.08. The van der Waals surface area contributed by atoms with Crippen LogP contribution >= 0.6 is 23.5 Å². The van der Waals surface area contributed by atoms with Crippen LogP contribution in [-0.2, 0) is 9.59 Å². The van der Waals surface area contributed by atoms with Crippen LogP contribution in [0.15, 0.2) is 0 Å². The van der Waals surface area contributed by atoms with Crippen LogP contribution in [0.3, 0.4) is 0 Å². The first-order valence-electron chi connectivity index (χ1n) is 4.78. The third kappa shape index (κ3) is 4.79. The molecule has 0 aromatic heterocycles. The third-order valence-electron chi connectivity index (χ3n) is 2.04. The average molecular weight is 249 g/mol. The van der Waals surface area contributed by atoms with Crippen molar-refractivity contribution in [3.05, 3.63) is 0 Å². The second-order valence-corrected chi connectivity index (χ2v) is 5.94. The van der Waals surface area contributed by atoms with Gasteiger partial charge in [-0.05, 0) is 0 Å². The SMILES string of the molecule is CC1CN(C(=O)CSCC(=O)O)CCS1. The van der Waals surface area contributed by atoms with Crippen LogP contribution in [0, 0.1) is 0 Å². The molecule has 1 amide bonds. The van der Waals surface area contributed by atoms with Gasteiger partial charge in [-0.15, -0.1) is 11.8 Å². The fraction of sp³-hybridized carbons (Fsp3) is 0.778. The highest BCUT2D eigenvalue weighted by Gasteiger charge is 2.20. The summed E-state index contributed by atoms with van der Waals surface area (Å²) in [5.74, 6) is 0.466. The van der Waals surface area contributed by atoms with Crippen molar-refractivity contribution in [1.82, 2.24) is 4.90 Å². The molecule has 0 aromatic carbocycles. The second-order valence-electron chi connectivity index (χ2n) is 3.41. The summed E-state index contributed by atoms with van der Waals surface area (Å²) in [6, 6.07) is 0. The highest BCUT2D eigenvalue weighted by Crippen LogP contribution is 2.18. The summed E-state index contributed by atoms with van der Waals surface area (Å²) >= 11 is 3.04. The van der Waals surface area contributed by atoms with Crippen molar-refractivity contribution >= 4 is 35.4 Å². The Balaban J connectivity index is 2.24. The lowest BCUT2D eigenvalue weighted by molar-refractivity contribution is -0.133. The van der Waals surface area contributed by atoms with Gasteiger partial charge in [0.1, 0.15) is 0 Å². The number of aliphatic carboxylic acids is 1. The van der Waals surface area contributed by atoms with Crippen molar-refractivity contribution in [1.29, 1.82) is 0 Å². The summed E-state index contributed by atoms with van der Waals surface area (Å²) in [5, 5.41) is 8.92. The van der Waals surface area contributed by atoms with Crippen molar-refractivity contribution in [3.8, 4) is 0 Å². The van der Waals surface area contributed by atoms with Crippen molar-refractivity contribution in [2.75, 3.05) is 30.3 Å². The van der Waals surface area contributed by atoms with Crippen LogP contribution in [0.2, 0.25) is 0 Å². The Morgan fingerprint density at radius 1 is 1.53 bits per heavy atom. The van der Waals surface area contributed by atoms with Gasteiger partial charge in [0.25, 0.3) is 0 Å². The highest BCUT2D eigenvalue weighted by molar-refractivity contribution is 8.00. The van der Waals surface area contributed by atoms with Crippen LogP contribution in [0.25, 0.3) is 0 Å². The van der Waals surface area contributed by atoms with Crippen molar-refractivity contribution in [2.45, 2.75) is 12.2 Å². The summed E-state index contributed by atoms with van der Waals surface area (Å²) in [4.78, 5) is 23.7. The predicted molar refractivity (Wildman–Crippen MR) is 63.5 cm³/mol. The minimum Gasteiger partial charge on any atom is -0.481 e. The van der Waals surface area contributed by atoms with Gasteiger partial charge in [0.2, 0.25) is 5.91 Å². The lowest BCUT2D eigenvalue weighted by Gasteiger charge is -2.30. The summed E-state index contributed by atoms with van der Waals surface area (Å²) in [5.41, 5.74) is 0. The van der Waals surface area contributed by atoms with E-state index in [1.807, 2.05) is 16.7 Å². The molecule has 1 atom stereocenters. The van der Waals surface area contributed by atoms with Crippen LogP contribution in [0.1, 0.15) is 6.92 Å². The van der Waals surface area contributed by atoms with Gasteiger partial charge in [-0.3, -0.25) is 9.59 Å². The minimum atomic E-state index is -0.865. The van der Waals surface area contributed by atoms with Gasteiger partial charge in [0, 0.05) is 24.1 Å². The molecule has 1 aliphatic heterocycles. The topological polar surface area (TPSA) is 57.6 Å². The van der Waals surface area contributed by atoms with Crippen LogP contribution < -0.4 is 0 Å². The molecule has 6 heteroatoms. The van der Waals surface area contributed by atoms with E-state index in [2.05, 4.69) is 6.92 Å². The van der Waals surface area contributed by atoms with Crippen molar-refractivity contribution < 1.29 is 14.7 Å². The molecule has 0 saturated carbocycles. The molecule has 1 saturated heterocycles. The molecule has 0 aromatic rings. The summed E-state index contributed by atoms with van der Waals surface area (Å²) in [7, 11) is 0. The molecule has 15 heavy (non-hydrogen) atoms. The van der Waals surface area contributed by atoms with E-state index in [1.54, 1.807) is 0 Å². The number of hydrogen-bond acceptors (Lipinski definition) is 4. The molecule has 86 valence electrons. The van der Waals surface area contributed by atoms with Crippen LogP contribution in [0.5, 0.6) is 0 Å². The zero-order chi connectivity index (χ0) is 11.3. The van der Waals surface area contributed by atoms with Gasteiger partial charge < -0.3 is 10.0 Å². The Hall–Kier alpha value is -0.360. The van der Waals surface area contributed by atoms with Crippen LogP contribution in [0.4, 0.5) is 0 Å². The summed E-state index contributed by atoms with van der Waals surface area (Å²) in [6.07, 6.45) is 0. The van der Waals surface area contributed by atoms with Gasteiger partial charge in [0.05, 0.1) is 11.5 Å². The Labute approximate surface area is 97.8 Å². The van der Waals surface area contributed by atoms with E-state index in [0.29, 0.717) is 5.25 Å². The highest BCUT2D eigenvalue weighted by atomic mass is 32.2. The molecule has 0 bridgehead atoms. The minimum absolute atomic E-state index is 0.00385.